The zero-order chi connectivity index (χ0) is 20.2. The first-order valence-electron chi connectivity index (χ1n) is 9.73. The highest BCUT2D eigenvalue weighted by atomic mass is 32.2. The number of amides is 1. The van der Waals surface area contributed by atoms with Crippen LogP contribution in [0.5, 0.6) is 5.75 Å². The van der Waals surface area contributed by atoms with Gasteiger partial charge in [-0.05, 0) is 62.1 Å². The van der Waals surface area contributed by atoms with Crippen LogP contribution in [0.15, 0.2) is 59.8 Å². The Kier molecular flexibility index (Phi) is 5.85. The fourth-order valence-corrected chi connectivity index (χ4v) is 4.00. The molecule has 29 heavy (non-hydrogen) atoms. The molecule has 1 heterocycles. The third-order valence-electron chi connectivity index (χ3n) is 5.05. The summed E-state index contributed by atoms with van der Waals surface area (Å²) in [7, 11) is 1.64. The molecular formula is C22H24N4O2S. The highest BCUT2D eigenvalue weighted by molar-refractivity contribution is 7.99. The lowest BCUT2D eigenvalue weighted by molar-refractivity contribution is -0.119. The number of rotatable bonds is 8. The Morgan fingerprint density at radius 3 is 2.55 bits per heavy atom. The predicted molar refractivity (Wildman–Crippen MR) is 114 cm³/mol. The Labute approximate surface area is 174 Å². The van der Waals surface area contributed by atoms with Gasteiger partial charge in [0.25, 0.3) is 0 Å². The molecule has 0 bridgehead atoms. The fourth-order valence-electron chi connectivity index (χ4n) is 3.24. The van der Waals surface area contributed by atoms with Gasteiger partial charge >= 0.3 is 0 Å². The molecule has 1 atom stereocenters. The van der Waals surface area contributed by atoms with Crippen molar-refractivity contribution in [1.29, 1.82) is 0 Å². The quantitative estimate of drug-likeness (QED) is 0.572. The van der Waals surface area contributed by atoms with Gasteiger partial charge in [0.2, 0.25) is 5.91 Å². The van der Waals surface area contributed by atoms with Crippen LogP contribution >= 0.6 is 11.8 Å². The number of methoxy groups -OCH3 is 1. The fraction of sp³-hybridized carbons (Fsp3) is 0.318. The SMILES string of the molecule is COc1ccc(-c2nnc(SCC(=O)N[C@H](C)C3CC3)n2-c2ccccc2)cc1. The van der Waals surface area contributed by atoms with Crippen molar-refractivity contribution in [1.82, 2.24) is 20.1 Å². The number of hydrogen-bond acceptors (Lipinski definition) is 5. The van der Waals surface area contributed by atoms with Crippen LogP contribution in [0.2, 0.25) is 0 Å². The smallest absolute Gasteiger partial charge is 0.230 e. The molecule has 2 aromatic carbocycles. The normalized spacial score (nSPS) is 14.4. The van der Waals surface area contributed by atoms with E-state index in [1.807, 2.05) is 59.2 Å². The molecule has 150 valence electrons. The summed E-state index contributed by atoms with van der Waals surface area (Å²) in [6.07, 6.45) is 2.42. The highest BCUT2D eigenvalue weighted by Gasteiger charge is 2.29. The van der Waals surface area contributed by atoms with Crippen LogP contribution in [0.25, 0.3) is 17.1 Å². The maximum atomic E-state index is 12.4. The van der Waals surface area contributed by atoms with Gasteiger partial charge in [-0.2, -0.15) is 0 Å². The molecule has 1 amide bonds. The van der Waals surface area contributed by atoms with Gasteiger partial charge in [0.15, 0.2) is 11.0 Å². The summed E-state index contributed by atoms with van der Waals surface area (Å²) in [5.74, 6) is 2.50. The minimum Gasteiger partial charge on any atom is -0.497 e. The molecule has 4 rings (SSSR count). The lowest BCUT2D eigenvalue weighted by atomic mass is 10.2. The Balaban J connectivity index is 1.58. The molecule has 1 aliphatic carbocycles. The first-order chi connectivity index (χ1) is 14.2. The Bertz CT molecular complexity index is 968. The number of carbonyl (C=O) groups is 1. The number of thioether (sulfide) groups is 1. The van der Waals surface area contributed by atoms with E-state index in [2.05, 4.69) is 22.4 Å². The van der Waals surface area contributed by atoms with E-state index in [-0.39, 0.29) is 11.9 Å². The summed E-state index contributed by atoms with van der Waals surface area (Å²) in [5.41, 5.74) is 1.89. The first kappa shape index (κ1) is 19.5. The topological polar surface area (TPSA) is 69.0 Å². The van der Waals surface area contributed by atoms with Gasteiger partial charge in [0.1, 0.15) is 5.75 Å². The average Bonchev–Trinajstić information content (AvgIpc) is 3.53. The van der Waals surface area contributed by atoms with Gasteiger partial charge in [-0.25, -0.2) is 0 Å². The van der Waals surface area contributed by atoms with Crippen molar-refractivity contribution in [2.24, 2.45) is 5.92 Å². The minimum absolute atomic E-state index is 0.0306. The molecule has 0 saturated heterocycles. The lowest BCUT2D eigenvalue weighted by Gasteiger charge is -2.13. The molecule has 0 radical (unpaired) electrons. The number of carbonyl (C=O) groups excluding carboxylic acids is 1. The Morgan fingerprint density at radius 2 is 1.90 bits per heavy atom. The molecule has 7 heteroatoms. The average molecular weight is 409 g/mol. The number of nitrogens with zero attached hydrogens (tertiary/aromatic N) is 3. The molecule has 1 aliphatic rings. The summed E-state index contributed by atoms with van der Waals surface area (Å²) in [4.78, 5) is 12.4. The number of para-hydroxylation sites is 1. The molecule has 1 saturated carbocycles. The number of hydrogen-bond donors (Lipinski definition) is 1. The second-order valence-corrected chi connectivity index (χ2v) is 8.13. The standard InChI is InChI=1S/C22H24N4O2S/c1-15(16-8-9-16)23-20(27)14-29-22-25-24-21(17-10-12-19(28-2)13-11-17)26(22)18-6-4-3-5-7-18/h3-7,10-13,15-16H,8-9,14H2,1-2H3,(H,23,27)/t15-/m1/s1. The molecule has 0 aliphatic heterocycles. The van der Waals surface area contributed by atoms with Crippen LogP contribution < -0.4 is 10.1 Å². The van der Waals surface area contributed by atoms with Crippen molar-refractivity contribution in [2.75, 3.05) is 12.9 Å². The van der Waals surface area contributed by atoms with Gasteiger partial charge in [-0.1, -0.05) is 30.0 Å². The monoisotopic (exact) mass is 408 g/mol. The Hall–Kier alpha value is -2.80. The van der Waals surface area contributed by atoms with E-state index >= 15 is 0 Å². The zero-order valence-electron chi connectivity index (χ0n) is 16.5. The van der Waals surface area contributed by atoms with E-state index in [1.165, 1.54) is 24.6 Å². The van der Waals surface area contributed by atoms with E-state index in [0.29, 0.717) is 16.8 Å². The lowest BCUT2D eigenvalue weighted by Crippen LogP contribution is -2.35. The largest absolute Gasteiger partial charge is 0.497 e. The first-order valence-corrected chi connectivity index (χ1v) is 10.7. The van der Waals surface area contributed by atoms with Crippen molar-refractivity contribution < 1.29 is 9.53 Å². The van der Waals surface area contributed by atoms with Crippen LogP contribution in [0.3, 0.4) is 0 Å². The van der Waals surface area contributed by atoms with E-state index < -0.39 is 0 Å². The van der Waals surface area contributed by atoms with Crippen molar-refractivity contribution in [3.05, 3.63) is 54.6 Å². The van der Waals surface area contributed by atoms with Gasteiger partial charge in [0.05, 0.1) is 12.9 Å². The number of benzene rings is 2. The molecule has 1 fully saturated rings. The van der Waals surface area contributed by atoms with E-state index in [4.69, 9.17) is 4.74 Å². The van der Waals surface area contributed by atoms with Crippen LogP contribution in [-0.4, -0.2) is 39.6 Å². The van der Waals surface area contributed by atoms with Gasteiger partial charge < -0.3 is 10.1 Å². The molecule has 0 unspecified atom stereocenters. The van der Waals surface area contributed by atoms with Crippen LogP contribution in [0, 0.1) is 5.92 Å². The highest BCUT2D eigenvalue weighted by Crippen LogP contribution is 2.32. The van der Waals surface area contributed by atoms with Crippen molar-refractivity contribution in [3.63, 3.8) is 0 Å². The molecule has 3 aromatic rings. The number of nitrogens with one attached hydrogen (secondary N) is 1. The third-order valence-corrected chi connectivity index (χ3v) is 5.98. The second-order valence-electron chi connectivity index (χ2n) is 7.19. The number of aromatic nitrogens is 3. The summed E-state index contributed by atoms with van der Waals surface area (Å²) >= 11 is 1.40. The summed E-state index contributed by atoms with van der Waals surface area (Å²) in [5, 5.41) is 12.6. The van der Waals surface area contributed by atoms with Crippen molar-refractivity contribution >= 4 is 17.7 Å². The minimum atomic E-state index is 0.0306. The van der Waals surface area contributed by atoms with Crippen molar-refractivity contribution in [2.45, 2.75) is 31.0 Å². The maximum Gasteiger partial charge on any atom is 0.230 e. The molecule has 6 nitrogen and oxygen atoms in total. The molecule has 1 aromatic heterocycles. The summed E-state index contributed by atoms with van der Waals surface area (Å²) in [6, 6.07) is 17.9. The predicted octanol–water partition coefficient (Wildman–Crippen LogP) is 3.95. The van der Waals surface area contributed by atoms with Gasteiger partial charge in [-0.15, -0.1) is 10.2 Å². The van der Waals surface area contributed by atoms with E-state index in [1.54, 1.807) is 7.11 Å². The van der Waals surface area contributed by atoms with Crippen LogP contribution in [0.4, 0.5) is 0 Å². The molecular weight excluding hydrogens is 384 g/mol. The van der Waals surface area contributed by atoms with Crippen LogP contribution in [-0.2, 0) is 4.79 Å². The Morgan fingerprint density at radius 1 is 1.17 bits per heavy atom. The van der Waals surface area contributed by atoms with Crippen molar-refractivity contribution in [3.8, 4) is 22.8 Å². The maximum absolute atomic E-state index is 12.4. The van der Waals surface area contributed by atoms with E-state index in [9.17, 15) is 4.79 Å². The molecule has 1 N–H and O–H groups in total. The van der Waals surface area contributed by atoms with Gasteiger partial charge in [-0.3, -0.25) is 9.36 Å². The summed E-state index contributed by atoms with van der Waals surface area (Å²) in [6.45, 7) is 2.08. The molecule has 0 spiro atoms. The van der Waals surface area contributed by atoms with E-state index in [0.717, 1.165) is 22.8 Å². The van der Waals surface area contributed by atoms with Crippen LogP contribution in [0.1, 0.15) is 19.8 Å². The zero-order valence-corrected chi connectivity index (χ0v) is 17.4. The summed E-state index contributed by atoms with van der Waals surface area (Å²) < 4.78 is 7.24. The second kappa shape index (κ2) is 8.69. The van der Waals surface area contributed by atoms with Gasteiger partial charge in [0, 0.05) is 17.3 Å². The third kappa shape index (κ3) is 4.62. The number of ether oxygens (including phenoxy) is 1.